The van der Waals surface area contributed by atoms with Gasteiger partial charge in [0.15, 0.2) is 11.5 Å². The molecule has 3 amide bonds. The van der Waals surface area contributed by atoms with E-state index in [1.54, 1.807) is 37.7 Å². The van der Waals surface area contributed by atoms with Crippen LogP contribution in [-0.2, 0) is 9.53 Å². The molecule has 1 aromatic carbocycles. The zero-order valence-corrected chi connectivity index (χ0v) is 23.8. The summed E-state index contributed by atoms with van der Waals surface area (Å²) >= 11 is 6.18. The predicted octanol–water partition coefficient (Wildman–Crippen LogP) is 3.73. The third-order valence-corrected chi connectivity index (χ3v) is 6.97. The van der Waals surface area contributed by atoms with Gasteiger partial charge < -0.3 is 35.5 Å². The van der Waals surface area contributed by atoms with Gasteiger partial charge in [0.2, 0.25) is 11.2 Å². The van der Waals surface area contributed by atoms with E-state index in [2.05, 4.69) is 45.7 Å². The van der Waals surface area contributed by atoms with Crippen LogP contribution in [0.4, 0.5) is 22.0 Å². The van der Waals surface area contributed by atoms with E-state index in [1.165, 1.54) is 6.92 Å². The second-order valence-electron chi connectivity index (χ2n) is 10.0. The first-order valence-electron chi connectivity index (χ1n) is 13.7. The second-order valence-corrected chi connectivity index (χ2v) is 10.3. The molecule has 1 saturated heterocycles. The highest BCUT2D eigenvalue weighted by Crippen LogP contribution is 2.28. The van der Waals surface area contributed by atoms with E-state index < -0.39 is 0 Å². The Morgan fingerprint density at radius 1 is 1.15 bits per heavy atom. The maximum Gasteiger partial charge on any atom is 0.319 e. The average Bonchev–Trinajstić information content (AvgIpc) is 3.40. The van der Waals surface area contributed by atoms with Crippen LogP contribution in [0.3, 0.4) is 0 Å². The second kappa shape index (κ2) is 14.8. The van der Waals surface area contributed by atoms with E-state index in [0.717, 1.165) is 69.7 Å². The number of halogens is 1. The predicted molar refractivity (Wildman–Crippen MR) is 157 cm³/mol. The van der Waals surface area contributed by atoms with Gasteiger partial charge in [0.25, 0.3) is 0 Å². The molecule has 1 aliphatic rings. The van der Waals surface area contributed by atoms with E-state index >= 15 is 0 Å². The molecule has 0 spiro atoms. The number of fused-ring (bicyclic) bond motifs is 1. The molecule has 12 nitrogen and oxygen atoms in total. The molecule has 0 aliphatic carbocycles. The lowest BCUT2D eigenvalue weighted by Crippen LogP contribution is -2.42. The highest BCUT2D eigenvalue weighted by atomic mass is 35.5. The molecule has 1 fully saturated rings. The number of anilines is 3. The van der Waals surface area contributed by atoms with Crippen molar-refractivity contribution in [2.45, 2.75) is 32.6 Å². The number of imidazole rings is 1. The monoisotopic (exact) mass is 571 g/mol. The first-order chi connectivity index (χ1) is 19.4. The van der Waals surface area contributed by atoms with Crippen LogP contribution in [0.15, 0.2) is 30.6 Å². The van der Waals surface area contributed by atoms with Crippen molar-refractivity contribution in [2.75, 3.05) is 68.5 Å². The third kappa shape index (κ3) is 8.77. The number of aromatic nitrogens is 4. The number of carbonyl (C=O) groups is 2. The molecule has 3 aromatic rings. The van der Waals surface area contributed by atoms with Crippen molar-refractivity contribution in [1.82, 2.24) is 30.2 Å². The number of hydrogen-bond acceptors (Lipinski definition) is 8. The van der Waals surface area contributed by atoms with Crippen LogP contribution in [0, 0.1) is 5.92 Å². The van der Waals surface area contributed by atoms with Gasteiger partial charge in [-0.05, 0) is 74.0 Å². The summed E-state index contributed by atoms with van der Waals surface area (Å²) in [5, 5.41) is 8.68. The van der Waals surface area contributed by atoms with Crippen LogP contribution >= 0.6 is 11.6 Å². The fraction of sp³-hybridized carbons (Fsp3) is 0.519. The number of hydrogen-bond donors (Lipinski definition) is 4. The fourth-order valence-corrected chi connectivity index (χ4v) is 5.20. The van der Waals surface area contributed by atoms with Crippen LogP contribution in [0.1, 0.15) is 32.6 Å². The third-order valence-electron chi connectivity index (χ3n) is 6.80. The number of piperidine rings is 1. The number of carbonyl (C=O) groups excluding carboxylic acids is 2. The number of rotatable bonds is 13. The van der Waals surface area contributed by atoms with Gasteiger partial charge in [-0.3, -0.25) is 4.79 Å². The normalized spacial score (nSPS) is 15.4. The zero-order valence-electron chi connectivity index (χ0n) is 23.1. The van der Waals surface area contributed by atoms with Crippen LogP contribution in [0.5, 0.6) is 0 Å². The lowest BCUT2D eigenvalue weighted by atomic mass is 9.97. The molecule has 40 heavy (non-hydrogen) atoms. The molecular formula is C27H38ClN9O3. The van der Waals surface area contributed by atoms with E-state index in [4.69, 9.17) is 16.3 Å². The Kier molecular flexibility index (Phi) is 10.9. The summed E-state index contributed by atoms with van der Waals surface area (Å²) in [7, 11) is 1.72. The standard InChI is InChI=1S/C27H38ClN9O3/c1-19(38)32-21-7-9-22(10-8-21)33-27(39)29-11-4-12-36(13-5-15-40-2)16-20-6-3-14-37(17-20)25-23-24(31-18-30-23)34-26(28)35-25/h7-10,18,20H,3-6,11-17H2,1-2H3,(H,32,38)(H2,29,33,39)(H,30,31,34,35). The van der Waals surface area contributed by atoms with Gasteiger partial charge in [0.1, 0.15) is 5.52 Å². The number of aromatic amines is 1. The van der Waals surface area contributed by atoms with Gasteiger partial charge in [-0.2, -0.15) is 9.97 Å². The first kappa shape index (κ1) is 29.5. The number of nitrogens with one attached hydrogen (secondary N) is 4. The Labute approximate surface area is 239 Å². The lowest BCUT2D eigenvalue weighted by molar-refractivity contribution is -0.114. The minimum absolute atomic E-state index is 0.137. The average molecular weight is 572 g/mol. The molecule has 4 N–H and O–H groups in total. The highest BCUT2D eigenvalue weighted by Gasteiger charge is 2.25. The van der Waals surface area contributed by atoms with Gasteiger partial charge >= 0.3 is 6.03 Å². The van der Waals surface area contributed by atoms with Crippen LogP contribution in [0.2, 0.25) is 5.28 Å². The number of amides is 3. The van der Waals surface area contributed by atoms with Crippen molar-refractivity contribution in [1.29, 1.82) is 0 Å². The summed E-state index contributed by atoms with van der Waals surface area (Å²) in [6, 6.07) is 6.75. The number of ether oxygens (including phenoxy) is 1. The van der Waals surface area contributed by atoms with Crippen molar-refractivity contribution in [2.24, 2.45) is 5.92 Å². The fourth-order valence-electron chi connectivity index (χ4n) is 5.04. The van der Waals surface area contributed by atoms with Gasteiger partial charge in [0.05, 0.1) is 6.33 Å². The molecule has 0 saturated carbocycles. The maximum absolute atomic E-state index is 12.4. The van der Waals surface area contributed by atoms with E-state index in [9.17, 15) is 9.59 Å². The number of benzene rings is 1. The smallest absolute Gasteiger partial charge is 0.319 e. The summed E-state index contributed by atoms with van der Waals surface area (Å²) in [5.41, 5.74) is 2.74. The Balaban J connectivity index is 1.25. The maximum atomic E-state index is 12.4. The molecule has 1 aliphatic heterocycles. The van der Waals surface area contributed by atoms with Crippen LogP contribution in [0.25, 0.3) is 11.2 Å². The van der Waals surface area contributed by atoms with E-state index in [0.29, 0.717) is 36.1 Å². The quantitative estimate of drug-likeness (QED) is 0.180. The molecule has 2 aromatic heterocycles. The summed E-state index contributed by atoms with van der Waals surface area (Å²) in [6.07, 6.45) is 5.61. The molecule has 4 rings (SSSR count). The Morgan fingerprint density at radius 3 is 2.65 bits per heavy atom. The number of urea groups is 1. The molecular weight excluding hydrogens is 534 g/mol. The van der Waals surface area contributed by atoms with Gasteiger partial charge in [-0.1, -0.05) is 0 Å². The molecule has 1 atom stereocenters. The largest absolute Gasteiger partial charge is 0.385 e. The van der Waals surface area contributed by atoms with Crippen molar-refractivity contribution < 1.29 is 14.3 Å². The van der Waals surface area contributed by atoms with Crippen molar-refractivity contribution in [3.63, 3.8) is 0 Å². The molecule has 0 bridgehead atoms. The van der Waals surface area contributed by atoms with Crippen molar-refractivity contribution in [3.05, 3.63) is 35.9 Å². The van der Waals surface area contributed by atoms with Crippen LogP contribution < -0.4 is 20.9 Å². The summed E-state index contributed by atoms with van der Waals surface area (Å²) in [5.74, 6) is 1.14. The van der Waals surface area contributed by atoms with Crippen molar-refractivity contribution >= 4 is 51.9 Å². The first-order valence-corrected chi connectivity index (χ1v) is 14.0. The van der Waals surface area contributed by atoms with Crippen LogP contribution in [-0.4, -0.2) is 89.8 Å². The van der Waals surface area contributed by atoms with Crippen molar-refractivity contribution in [3.8, 4) is 0 Å². The Morgan fingerprint density at radius 2 is 1.90 bits per heavy atom. The molecule has 0 radical (unpaired) electrons. The minimum Gasteiger partial charge on any atom is -0.385 e. The highest BCUT2D eigenvalue weighted by molar-refractivity contribution is 6.28. The summed E-state index contributed by atoms with van der Waals surface area (Å²) < 4.78 is 5.28. The Bertz CT molecular complexity index is 1250. The molecule has 13 heteroatoms. The topological polar surface area (TPSA) is 140 Å². The number of nitrogens with zero attached hydrogens (tertiary/aromatic N) is 5. The summed E-state index contributed by atoms with van der Waals surface area (Å²) in [6.45, 7) is 7.28. The van der Waals surface area contributed by atoms with E-state index in [1.807, 2.05) is 0 Å². The number of H-pyrrole nitrogens is 1. The molecule has 1 unspecified atom stereocenters. The molecule has 216 valence electrons. The van der Waals surface area contributed by atoms with Gasteiger partial charge in [0, 0.05) is 64.7 Å². The number of methoxy groups -OCH3 is 1. The van der Waals surface area contributed by atoms with E-state index in [-0.39, 0.29) is 17.2 Å². The SMILES string of the molecule is COCCCN(CCCNC(=O)Nc1ccc(NC(C)=O)cc1)CC1CCCN(c2nc(Cl)nc3nc[nH]c23)C1. The minimum atomic E-state index is -0.255. The molecule has 3 heterocycles. The Hall–Kier alpha value is -3.48. The van der Waals surface area contributed by atoms with Gasteiger partial charge in [-0.25, -0.2) is 9.78 Å². The summed E-state index contributed by atoms with van der Waals surface area (Å²) in [4.78, 5) is 44.4. The zero-order chi connectivity index (χ0) is 28.3. The lowest BCUT2D eigenvalue weighted by Gasteiger charge is -2.36. The van der Waals surface area contributed by atoms with Gasteiger partial charge in [-0.15, -0.1) is 0 Å².